The Kier molecular flexibility index (Phi) is 6.80. The number of carbonyl (C=O) groups is 2. The third kappa shape index (κ3) is 6.09. The molecule has 0 atom stereocenters. The fraction of sp³-hybridized carbons (Fsp3) is 0.158. The Hall–Kier alpha value is -2.87. The van der Waals surface area contributed by atoms with Gasteiger partial charge in [-0.15, -0.1) is 0 Å². The Morgan fingerprint density at radius 2 is 1.89 bits per heavy atom. The van der Waals surface area contributed by atoms with Crippen LogP contribution in [0.3, 0.4) is 0 Å². The van der Waals surface area contributed by atoms with Gasteiger partial charge >= 0.3 is 6.18 Å². The molecule has 2 amide bonds. The molecule has 0 aromatic heterocycles. The molecule has 0 unspecified atom stereocenters. The second kappa shape index (κ2) is 8.88. The number of halogens is 5. The summed E-state index contributed by atoms with van der Waals surface area (Å²) in [4.78, 5) is 25.1. The van der Waals surface area contributed by atoms with Crippen molar-refractivity contribution in [3.05, 3.63) is 70.5 Å². The number of hydrogen-bond donors (Lipinski definition) is 1. The number of rotatable bonds is 5. The Morgan fingerprint density at radius 3 is 2.54 bits per heavy atom. The van der Waals surface area contributed by atoms with E-state index in [9.17, 15) is 27.2 Å². The summed E-state index contributed by atoms with van der Waals surface area (Å²) in [5, 5.41) is 2.48. The van der Waals surface area contributed by atoms with E-state index in [0.29, 0.717) is 0 Å². The number of carbonyl (C=O) groups excluding carboxylic acids is 2. The molecular formula is C19H15ClF4N2O2. The number of nitrogens with zero attached hydrogens (tertiary/aromatic N) is 1. The van der Waals surface area contributed by atoms with Crippen LogP contribution in [0.2, 0.25) is 5.02 Å². The molecule has 0 aliphatic heterocycles. The molecule has 2 rings (SSSR count). The number of nitrogens with one attached hydrogen (secondary N) is 1. The van der Waals surface area contributed by atoms with E-state index in [-0.39, 0.29) is 22.8 Å². The molecule has 0 fully saturated rings. The Balaban J connectivity index is 2.01. The van der Waals surface area contributed by atoms with Crippen LogP contribution < -0.4 is 5.32 Å². The summed E-state index contributed by atoms with van der Waals surface area (Å²) in [6.45, 7) is -0.337. The van der Waals surface area contributed by atoms with E-state index in [0.717, 1.165) is 41.3 Å². The topological polar surface area (TPSA) is 49.4 Å². The van der Waals surface area contributed by atoms with Gasteiger partial charge in [0.15, 0.2) is 0 Å². The van der Waals surface area contributed by atoms with E-state index in [1.54, 1.807) is 0 Å². The molecule has 0 saturated heterocycles. The minimum atomic E-state index is -4.54. The van der Waals surface area contributed by atoms with Gasteiger partial charge in [0.2, 0.25) is 11.8 Å². The lowest BCUT2D eigenvalue weighted by molar-refractivity contribution is -0.137. The summed E-state index contributed by atoms with van der Waals surface area (Å²) in [5.41, 5.74) is -0.647. The van der Waals surface area contributed by atoms with Crippen molar-refractivity contribution in [1.29, 1.82) is 0 Å². The summed E-state index contributed by atoms with van der Waals surface area (Å²) in [7, 11) is 1.34. The molecule has 0 heterocycles. The van der Waals surface area contributed by atoms with Gasteiger partial charge in [-0.05, 0) is 48.0 Å². The maximum atomic E-state index is 13.1. The van der Waals surface area contributed by atoms with Crippen LogP contribution in [0.15, 0.2) is 48.5 Å². The van der Waals surface area contributed by atoms with E-state index >= 15 is 0 Å². The summed E-state index contributed by atoms with van der Waals surface area (Å²) in [6, 6.07) is 7.99. The lowest BCUT2D eigenvalue weighted by atomic mass is 10.1. The minimum Gasteiger partial charge on any atom is -0.333 e. The van der Waals surface area contributed by atoms with Crippen LogP contribution in [0.1, 0.15) is 11.1 Å². The van der Waals surface area contributed by atoms with Gasteiger partial charge in [0.25, 0.3) is 0 Å². The van der Waals surface area contributed by atoms with Crippen LogP contribution in [0.25, 0.3) is 6.08 Å². The fourth-order valence-electron chi connectivity index (χ4n) is 2.20. The van der Waals surface area contributed by atoms with Crippen LogP contribution in [-0.4, -0.2) is 30.3 Å². The van der Waals surface area contributed by atoms with Crippen molar-refractivity contribution >= 4 is 35.2 Å². The maximum absolute atomic E-state index is 13.1. The molecule has 0 bridgehead atoms. The molecule has 1 N–H and O–H groups in total. The molecule has 0 spiro atoms. The third-order valence-electron chi connectivity index (χ3n) is 3.59. The van der Waals surface area contributed by atoms with Gasteiger partial charge in [-0.25, -0.2) is 4.39 Å². The number of anilines is 1. The lowest BCUT2D eigenvalue weighted by Gasteiger charge is -2.15. The molecule has 0 radical (unpaired) electrons. The van der Waals surface area contributed by atoms with Crippen LogP contribution in [0.5, 0.6) is 0 Å². The Labute approximate surface area is 163 Å². The molecule has 9 heteroatoms. The molecule has 0 aliphatic carbocycles. The predicted octanol–water partition coefficient (Wildman–Crippen LogP) is 4.61. The van der Waals surface area contributed by atoms with E-state index in [4.69, 9.17) is 11.6 Å². The van der Waals surface area contributed by atoms with E-state index in [1.807, 2.05) is 0 Å². The van der Waals surface area contributed by atoms with Crippen molar-refractivity contribution in [2.24, 2.45) is 0 Å². The van der Waals surface area contributed by atoms with Crippen molar-refractivity contribution in [2.75, 3.05) is 18.9 Å². The summed E-state index contributed by atoms with van der Waals surface area (Å²) in [5.74, 6) is -1.71. The summed E-state index contributed by atoms with van der Waals surface area (Å²) in [6.07, 6.45) is -2.39. The van der Waals surface area contributed by atoms with Gasteiger partial charge in [-0.1, -0.05) is 17.7 Å². The molecule has 0 aliphatic rings. The van der Waals surface area contributed by atoms with Crippen molar-refractivity contribution in [3.63, 3.8) is 0 Å². The molecule has 2 aromatic rings. The smallest absolute Gasteiger partial charge is 0.333 e. The van der Waals surface area contributed by atoms with E-state index < -0.39 is 29.4 Å². The number of amides is 2. The number of hydrogen-bond acceptors (Lipinski definition) is 2. The van der Waals surface area contributed by atoms with Gasteiger partial charge in [-0.3, -0.25) is 9.59 Å². The molecule has 0 saturated carbocycles. The number of benzene rings is 2. The first kappa shape index (κ1) is 21.4. The SMILES string of the molecule is CN(CC(=O)Nc1cccc(F)c1)C(=O)/C=C/c1cc(C(F)(F)F)ccc1Cl. The second-order valence-electron chi connectivity index (χ2n) is 5.82. The van der Waals surface area contributed by atoms with Crippen molar-refractivity contribution in [2.45, 2.75) is 6.18 Å². The molecule has 148 valence electrons. The average Bonchev–Trinajstić information content (AvgIpc) is 2.59. The largest absolute Gasteiger partial charge is 0.416 e. The Morgan fingerprint density at radius 1 is 1.18 bits per heavy atom. The standard InChI is InChI=1S/C19H15ClF4N2O2/c1-26(11-17(27)25-15-4-2-3-14(21)10-15)18(28)8-5-12-9-13(19(22,23)24)6-7-16(12)20/h2-10H,11H2,1H3,(H,25,27)/b8-5+. The molecule has 4 nitrogen and oxygen atoms in total. The molecule has 28 heavy (non-hydrogen) atoms. The fourth-order valence-corrected chi connectivity index (χ4v) is 2.38. The van der Waals surface area contributed by atoms with Gasteiger partial charge in [0.1, 0.15) is 5.82 Å². The average molecular weight is 415 g/mol. The van der Waals surface area contributed by atoms with Crippen LogP contribution in [-0.2, 0) is 15.8 Å². The first-order chi connectivity index (χ1) is 13.1. The quantitative estimate of drug-likeness (QED) is 0.574. The normalized spacial score (nSPS) is 11.5. The number of alkyl halides is 3. The molecule has 2 aromatic carbocycles. The van der Waals surface area contributed by atoms with Crippen molar-refractivity contribution < 1.29 is 27.2 Å². The zero-order valence-electron chi connectivity index (χ0n) is 14.6. The van der Waals surface area contributed by atoms with Crippen LogP contribution in [0, 0.1) is 5.82 Å². The highest BCUT2D eigenvalue weighted by Gasteiger charge is 2.30. The van der Waals surface area contributed by atoms with Crippen molar-refractivity contribution in [1.82, 2.24) is 4.90 Å². The monoisotopic (exact) mass is 414 g/mol. The van der Waals surface area contributed by atoms with E-state index in [2.05, 4.69) is 5.32 Å². The van der Waals surface area contributed by atoms with E-state index in [1.165, 1.54) is 25.2 Å². The highest BCUT2D eigenvalue weighted by atomic mass is 35.5. The van der Waals surface area contributed by atoms with Gasteiger partial charge in [0.05, 0.1) is 12.1 Å². The highest BCUT2D eigenvalue weighted by molar-refractivity contribution is 6.32. The zero-order chi connectivity index (χ0) is 20.9. The van der Waals surface area contributed by atoms with Gasteiger partial charge in [0, 0.05) is 23.8 Å². The number of likely N-dealkylation sites (N-methyl/N-ethyl adjacent to an activating group) is 1. The second-order valence-corrected chi connectivity index (χ2v) is 6.23. The zero-order valence-corrected chi connectivity index (χ0v) is 15.3. The first-order valence-electron chi connectivity index (χ1n) is 7.91. The van der Waals surface area contributed by atoms with Crippen molar-refractivity contribution in [3.8, 4) is 0 Å². The van der Waals surface area contributed by atoms with Gasteiger partial charge < -0.3 is 10.2 Å². The highest BCUT2D eigenvalue weighted by Crippen LogP contribution is 2.32. The summed E-state index contributed by atoms with van der Waals surface area (Å²) >= 11 is 5.86. The first-order valence-corrected chi connectivity index (χ1v) is 8.29. The maximum Gasteiger partial charge on any atom is 0.416 e. The van der Waals surface area contributed by atoms with Crippen LogP contribution >= 0.6 is 11.6 Å². The summed E-state index contributed by atoms with van der Waals surface area (Å²) < 4.78 is 51.4. The third-order valence-corrected chi connectivity index (χ3v) is 3.94. The minimum absolute atomic E-state index is 0.0162. The Bertz CT molecular complexity index is 913. The lowest BCUT2D eigenvalue weighted by Crippen LogP contribution is -2.33. The van der Waals surface area contributed by atoms with Gasteiger partial charge in [-0.2, -0.15) is 13.2 Å². The molecular weight excluding hydrogens is 400 g/mol. The van der Waals surface area contributed by atoms with Crippen LogP contribution in [0.4, 0.5) is 23.2 Å². The predicted molar refractivity (Wildman–Crippen MR) is 98.2 cm³/mol.